The quantitative estimate of drug-likeness (QED) is 0.857. The van der Waals surface area contributed by atoms with Crippen LogP contribution < -0.4 is 10.6 Å². The van der Waals surface area contributed by atoms with Gasteiger partial charge in [0.05, 0.1) is 13.7 Å². The molecule has 1 aromatic carbocycles. The smallest absolute Gasteiger partial charge is 0.407 e. The first-order valence-electron chi connectivity index (χ1n) is 6.70. The fraction of sp³-hybridized carbons (Fsp3) is 0.286. The molecule has 2 N–H and O–H groups in total. The molecule has 0 aliphatic heterocycles. The Kier molecular flexibility index (Phi) is 5.23. The van der Waals surface area contributed by atoms with E-state index < -0.39 is 18.0 Å². The first-order chi connectivity index (χ1) is 11.0. The zero-order valence-corrected chi connectivity index (χ0v) is 12.5. The second-order valence-corrected chi connectivity index (χ2v) is 4.59. The Bertz CT molecular complexity index is 686. The van der Waals surface area contributed by atoms with Crippen LogP contribution in [0.4, 0.5) is 9.18 Å². The van der Waals surface area contributed by atoms with Gasteiger partial charge in [0.25, 0.3) is 0 Å². The third-order valence-corrected chi connectivity index (χ3v) is 2.90. The van der Waals surface area contributed by atoms with Gasteiger partial charge in [-0.25, -0.2) is 9.18 Å². The summed E-state index contributed by atoms with van der Waals surface area (Å²) in [6, 6.07) is 4.83. The van der Waals surface area contributed by atoms with Gasteiger partial charge in [-0.3, -0.25) is 4.79 Å². The molecule has 1 unspecified atom stereocenters. The predicted octanol–water partition coefficient (Wildman–Crippen LogP) is 1.24. The summed E-state index contributed by atoms with van der Waals surface area (Å²) >= 11 is 0. The normalized spacial score (nSPS) is 11.6. The van der Waals surface area contributed by atoms with Gasteiger partial charge in [0.2, 0.25) is 17.6 Å². The monoisotopic (exact) mass is 322 g/mol. The number of amides is 2. The molecule has 0 spiro atoms. The van der Waals surface area contributed by atoms with E-state index in [9.17, 15) is 14.0 Å². The lowest BCUT2D eigenvalue weighted by Gasteiger charge is -2.11. The maximum absolute atomic E-state index is 12.9. The van der Waals surface area contributed by atoms with Crippen molar-refractivity contribution in [2.45, 2.75) is 19.5 Å². The van der Waals surface area contributed by atoms with E-state index in [1.807, 2.05) is 0 Å². The van der Waals surface area contributed by atoms with Crippen LogP contribution in [-0.2, 0) is 16.1 Å². The molecule has 0 radical (unpaired) electrons. The highest BCUT2D eigenvalue weighted by atomic mass is 19.1. The topological polar surface area (TPSA) is 106 Å². The molecule has 2 aromatic rings. The number of carbonyl (C=O) groups is 2. The van der Waals surface area contributed by atoms with E-state index in [4.69, 9.17) is 4.52 Å². The Hall–Kier alpha value is -2.97. The number of nitrogens with one attached hydrogen (secondary N) is 2. The highest BCUT2D eigenvalue weighted by molar-refractivity contribution is 5.85. The van der Waals surface area contributed by atoms with Crippen LogP contribution in [0.2, 0.25) is 0 Å². The molecule has 1 aromatic heterocycles. The predicted molar refractivity (Wildman–Crippen MR) is 76.5 cm³/mol. The Morgan fingerprint density at radius 2 is 2.04 bits per heavy atom. The maximum Gasteiger partial charge on any atom is 0.407 e. The standard InChI is InChI=1S/C14H15FN4O4/c1-8(17-14(21)22-2)13(20)16-7-11-18-12(19-23-11)9-3-5-10(15)6-4-9/h3-6,8H,7H2,1-2H3,(H,16,20)(H,17,21). The van der Waals surface area contributed by atoms with Crippen LogP contribution in [0.3, 0.4) is 0 Å². The third-order valence-electron chi connectivity index (χ3n) is 2.90. The number of hydrogen-bond donors (Lipinski definition) is 2. The fourth-order valence-corrected chi connectivity index (χ4v) is 1.66. The van der Waals surface area contributed by atoms with E-state index in [0.717, 1.165) is 0 Å². The summed E-state index contributed by atoms with van der Waals surface area (Å²) in [5.74, 6) is -0.327. The highest BCUT2D eigenvalue weighted by Crippen LogP contribution is 2.15. The summed E-state index contributed by atoms with van der Waals surface area (Å²) in [7, 11) is 1.20. The molecular weight excluding hydrogens is 307 g/mol. The second kappa shape index (κ2) is 7.34. The molecule has 2 rings (SSSR count). The van der Waals surface area contributed by atoms with Crippen molar-refractivity contribution in [1.82, 2.24) is 20.8 Å². The summed E-state index contributed by atoms with van der Waals surface area (Å²) in [4.78, 5) is 26.9. The maximum atomic E-state index is 12.9. The van der Waals surface area contributed by atoms with Crippen LogP contribution in [-0.4, -0.2) is 35.3 Å². The lowest BCUT2D eigenvalue weighted by molar-refractivity contribution is -0.122. The molecule has 8 nitrogen and oxygen atoms in total. The first-order valence-corrected chi connectivity index (χ1v) is 6.70. The molecule has 0 aliphatic rings. The van der Waals surface area contributed by atoms with Crippen LogP contribution in [0.25, 0.3) is 11.4 Å². The molecule has 9 heteroatoms. The Labute approximate surface area is 131 Å². The molecule has 122 valence electrons. The number of methoxy groups -OCH3 is 1. The van der Waals surface area contributed by atoms with Gasteiger partial charge in [-0.1, -0.05) is 5.16 Å². The lowest BCUT2D eigenvalue weighted by atomic mass is 10.2. The van der Waals surface area contributed by atoms with Crippen LogP contribution in [0.5, 0.6) is 0 Å². The molecular formula is C14H15FN4O4. The number of halogens is 1. The highest BCUT2D eigenvalue weighted by Gasteiger charge is 2.16. The van der Waals surface area contributed by atoms with Crippen molar-refractivity contribution in [3.63, 3.8) is 0 Å². The summed E-state index contributed by atoms with van der Waals surface area (Å²) in [6.45, 7) is 1.50. The molecule has 2 amide bonds. The van der Waals surface area contributed by atoms with Gasteiger partial charge in [-0.05, 0) is 31.2 Å². The SMILES string of the molecule is COC(=O)NC(C)C(=O)NCc1nc(-c2ccc(F)cc2)no1. The third kappa shape index (κ3) is 4.50. The molecule has 23 heavy (non-hydrogen) atoms. The summed E-state index contributed by atoms with van der Waals surface area (Å²) in [5.41, 5.74) is 0.591. The molecule has 0 bridgehead atoms. The Morgan fingerprint density at radius 3 is 2.70 bits per heavy atom. The minimum Gasteiger partial charge on any atom is -0.453 e. The Morgan fingerprint density at radius 1 is 1.35 bits per heavy atom. The van der Waals surface area contributed by atoms with Crippen LogP contribution in [0, 0.1) is 5.82 Å². The van der Waals surface area contributed by atoms with E-state index in [-0.39, 0.29) is 24.1 Å². The number of rotatable bonds is 5. The van der Waals surface area contributed by atoms with Crippen molar-refractivity contribution in [2.75, 3.05) is 7.11 Å². The van der Waals surface area contributed by atoms with Gasteiger partial charge in [0.15, 0.2) is 0 Å². The van der Waals surface area contributed by atoms with Gasteiger partial charge < -0.3 is 19.9 Å². The second-order valence-electron chi connectivity index (χ2n) is 4.59. The number of benzene rings is 1. The molecule has 0 fully saturated rings. The summed E-state index contributed by atoms with van der Waals surface area (Å²) < 4.78 is 22.3. The first kappa shape index (κ1) is 16.4. The number of hydrogen-bond acceptors (Lipinski definition) is 6. The van der Waals surface area contributed by atoms with E-state index in [2.05, 4.69) is 25.5 Å². The van der Waals surface area contributed by atoms with E-state index in [1.165, 1.54) is 38.3 Å². The number of ether oxygens (including phenoxy) is 1. The molecule has 1 atom stereocenters. The van der Waals surface area contributed by atoms with Crippen molar-refractivity contribution in [2.24, 2.45) is 0 Å². The minimum atomic E-state index is -0.776. The number of nitrogens with zero attached hydrogens (tertiary/aromatic N) is 2. The van der Waals surface area contributed by atoms with Crippen LogP contribution >= 0.6 is 0 Å². The Balaban J connectivity index is 1.90. The largest absolute Gasteiger partial charge is 0.453 e. The van der Waals surface area contributed by atoms with E-state index >= 15 is 0 Å². The molecule has 0 saturated heterocycles. The molecule has 0 saturated carbocycles. The number of aromatic nitrogens is 2. The zero-order chi connectivity index (χ0) is 16.8. The van der Waals surface area contributed by atoms with E-state index in [1.54, 1.807) is 0 Å². The summed E-state index contributed by atoms with van der Waals surface area (Å²) in [5, 5.41) is 8.61. The van der Waals surface area contributed by atoms with Crippen LogP contribution in [0.15, 0.2) is 28.8 Å². The van der Waals surface area contributed by atoms with Crippen molar-refractivity contribution < 1.29 is 23.2 Å². The van der Waals surface area contributed by atoms with Crippen molar-refractivity contribution in [3.05, 3.63) is 36.0 Å². The van der Waals surface area contributed by atoms with Gasteiger partial charge in [0, 0.05) is 5.56 Å². The molecule has 1 heterocycles. The molecule has 0 aliphatic carbocycles. The van der Waals surface area contributed by atoms with Gasteiger partial charge in [-0.15, -0.1) is 0 Å². The minimum absolute atomic E-state index is 0.000219. The number of alkyl carbamates (subject to hydrolysis) is 1. The van der Waals surface area contributed by atoms with Crippen LogP contribution in [0.1, 0.15) is 12.8 Å². The summed E-state index contributed by atoms with van der Waals surface area (Å²) in [6.07, 6.45) is -0.705. The van der Waals surface area contributed by atoms with Gasteiger partial charge in [-0.2, -0.15) is 4.98 Å². The lowest BCUT2D eigenvalue weighted by Crippen LogP contribution is -2.44. The van der Waals surface area contributed by atoms with Crippen molar-refractivity contribution in [3.8, 4) is 11.4 Å². The van der Waals surface area contributed by atoms with Crippen molar-refractivity contribution in [1.29, 1.82) is 0 Å². The average molecular weight is 322 g/mol. The number of carbonyl (C=O) groups excluding carboxylic acids is 2. The average Bonchev–Trinajstić information content (AvgIpc) is 3.02. The van der Waals surface area contributed by atoms with Gasteiger partial charge in [0.1, 0.15) is 11.9 Å². The van der Waals surface area contributed by atoms with Gasteiger partial charge >= 0.3 is 6.09 Å². The van der Waals surface area contributed by atoms with E-state index in [0.29, 0.717) is 5.56 Å². The fourth-order valence-electron chi connectivity index (χ4n) is 1.66. The van der Waals surface area contributed by atoms with Crippen molar-refractivity contribution >= 4 is 12.0 Å². The zero-order valence-electron chi connectivity index (χ0n) is 12.5.